The van der Waals surface area contributed by atoms with Crippen LogP contribution in [0, 0.1) is 6.92 Å². The molecule has 0 saturated heterocycles. The number of rotatable bonds is 4. The fourth-order valence-electron chi connectivity index (χ4n) is 4.75. The third-order valence-electron chi connectivity index (χ3n) is 6.08. The normalized spacial score (nSPS) is 20.6. The molecule has 0 aromatic heterocycles. The van der Waals surface area contributed by atoms with Gasteiger partial charge in [0.2, 0.25) is 0 Å². The molecule has 2 fully saturated rings. The van der Waals surface area contributed by atoms with E-state index in [-0.39, 0.29) is 0 Å². The molecule has 132 valence electrons. The van der Waals surface area contributed by atoms with Crippen molar-refractivity contribution in [3.63, 3.8) is 0 Å². The summed E-state index contributed by atoms with van der Waals surface area (Å²) in [4.78, 5) is 2.80. The van der Waals surface area contributed by atoms with Crippen LogP contribution in [0.3, 0.4) is 0 Å². The van der Waals surface area contributed by atoms with Gasteiger partial charge >= 0.3 is 0 Å². The second-order valence-corrected chi connectivity index (χ2v) is 7.70. The molecular formula is C22H34N2. The van der Waals surface area contributed by atoms with Crippen molar-refractivity contribution in [1.29, 1.82) is 0 Å². The second kappa shape index (κ2) is 8.09. The van der Waals surface area contributed by atoms with E-state index in [4.69, 9.17) is 5.73 Å². The van der Waals surface area contributed by atoms with E-state index in [0.717, 1.165) is 11.3 Å². The molecule has 0 amide bonds. The standard InChI is InChI=1S/C22H34N2/c1-3-10-18-15-16-21(17(2)22(18)23)24(19-11-6-4-7-12-19)20-13-8-5-9-14-20/h3,10,15-16,19-20H,4-9,11-14,23H2,1-2H3. The zero-order valence-corrected chi connectivity index (χ0v) is 15.6. The molecule has 0 radical (unpaired) electrons. The molecule has 2 aliphatic carbocycles. The van der Waals surface area contributed by atoms with E-state index < -0.39 is 0 Å². The van der Waals surface area contributed by atoms with E-state index in [1.807, 2.05) is 0 Å². The molecule has 0 atom stereocenters. The average molecular weight is 327 g/mol. The Hall–Kier alpha value is -1.44. The predicted molar refractivity (Wildman–Crippen MR) is 107 cm³/mol. The van der Waals surface area contributed by atoms with E-state index in [2.05, 4.69) is 43.0 Å². The molecule has 2 N–H and O–H groups in total. The maximum absolute atomic E-state index is 6.49. The first-order valence-corrected chi connectivity index (χ1v) is 10.0. The van der Waals surface area contributed by atoms with Crippen LogP contribution in [0.2, 0.25) is 0 Å². The molecule has 2 saturated carbocycles. The fraction of sp³-hybridized carbons (Fsp3) is 0.636. The summed E-state index contributed by atoms with van der Waals surface area (Å²) < 4.78 is 0. The maximum atomic E-state index is 6.49. The van der Waals surface area contributed by atoms with Gasteiger partial charge in [0.15, 0.2) is 0 Å². The smallest absolute Gasteiger partial charge is 0.0438 e. The molecule has 0 bridgehead atoms. The Kier molecular flexibility index (Phi) is 5.86. The number of allylic oxidation sites excluding steroid dienone is 1. The van der Waals surface area contributed by atoms with Gasteiger partial charge in [0.05, 0.1) is 0 Å². The topological polar surface area (TPSA) is 29.3 Å². The van der Waals surface area contributed by atoms with Crippen LogP contribution in [-0.2, 0) is 0 Å². The van der Waals surface area contributed by atoms with Crippen LogP contribution in [0.4, 0.5) is 11.4 Å². The number of hydrogen-bond acceptors (Lipinski definition) is 2. The summed E-state index contributed by atoms with van der Waals surface area (Å²) in [5, 5.41) is 0. The predicted octanol–water partition coefficient (Wildman–Crippen LogP) is 6.08. The van der Waals surface area contributed by atoms with Crippen molar-refractivity contribution in [2.75, 3.05) is 10.6 Å². The van der Waals surface area contributed by atoms with Crippen LogP contribution in [0.5, 0.6) is 0 Å². The summed E-state index contributed by atoms with van der Waals surface area (Å²) in [5.74, 6) is 0. The summed E-state index contributed by atoms with van der Waals surface area (Å²) in [7, 11) is 0. The third-order valence-corrected chi connectivity index (χ3v) is 6.08. The molecule has 0 aliphatic heterocycles. The lowest BCUT2D eigenvalue weighted by Crippen LogP contribution is -2.45. The summed E-state index contributed by atoms with van der Waals surface area (Å²) in [6, 6.07) is 5.99. The van der Waals surface area contributed by atoms with Gasteiger partial charge in [-0.3, -0.25) is 0 Å². The highest BCUT2D eigenvalue weighted by Crippen LogP contribution is 2.38. The number of nitrogens with zero attached hydrogens (tertiary/aromatic N) is 1. The summed E-state index contributed by atoms with van der Waals surface area (Å²) in [6.07, 6.45) is 18.0. The number of anilines is 2. The summed E-state index contributed by atoms with van der Waals surface area (Å²) >= 11 is 0. The number of nitrogens with two attached hydrogens (primary N) is 1. The third kappa shape index (κ3) is 3.63. The van der Waals surface area contributed by atoms with Crippen LogP contribution in [0.15, 0.2) is 18.2 Å². The van der Waals surface area contributed by atoms with E-state index in [1.54, 1.807) is 0 Å². The Morgan fingerprint density at radius 2 is 1.46 bits per heavy atom. The second-order valence-electron chi connectivity index (χ2n) is 7.70. The number of nitrogen functional groups attached to an aromatic ring is 1. The SMILES string of the molecule is CC=Cc1ccc(N(C2CCCCC2)C2CCCCC2)c(C)c1N. The highest BCUT2D eigenvalue weighted by atomic mass is 15.2. The fourth-order valence-corrected chi connectivity index (χ4v) is 4.75. The van der Waals surface area contributed by atoms with Gasteiger partial charge in [-0.15, -0.1) is 0 Å². The highest BCUT2D eigenvalue weighted by molar-refractivity contribution is 5.75. The molecule has 0 unspecified atom stereocenters. The van der Waals surface area contributed by atoms with Crippen LogP contribution in [-0.4, -0.2) is 12.1 Å². The first kappa shape index (κ1) is 17.4. The van der Waals surface area contributed by atoms with Gasteiger partial charge in [-0.2, -0.15) is 0 Å². The van der Waals surface area contributed by atoms with Crippen LogP contribution in [0.1, 0.15) is 82.3 Å². The first-order chi connectivity index (χ1) is 11.7. The van der Waals surface area contributed by atoms with Crippen molar-refractivity contribution in [2.24, 2.45) is 0 Å². The largest absolute Gasteiger partial charge is 0.398 e. The summed E-state index contributed by atoms with van der Waals surface area (Å²) in [5.41, 5.74) is 11.3. The monoisotopic (exact) mass is 326 g/mol. The van der Waals surface area contributed by atoms with Crippen LogP contribution >= 0.6 is 0 Å². The molecule has 2 heteroatoms. The van der Waals surface area contributed by atoms with Gasteiger partial charge in [0.1, 0.15) is 0 Å². The Labute approximate surface area is 148 Å². The molecule has 24 heavy (non-hydrogen) atoms. The van der Waals surface area contributed by atoms with Crippen molar-refractivity contribution in [3.05, 3.63) is 29.3 Å². The lowest BCUT2D eigenvalue weighted by Gasteiger charge is -2.44. The number of hydrogen-bond donors (Lipinski definition) is 1. The maximum Gasteiger partial charge on any atom is 0.0438 e. The molecule has 2 aliphatic rings. The van der Waals surface area contributed by atoms with Crippen molar-refractivity contribution >= 4 is 17.5 Å². The molecule has 1 aromatic rings. The zero-order chi connectivity index (χ0) is 16.9. The van der Waals surface area contributed by atoms with Gasteiger partial charge in [0.25, 0.3) is 0 Å². The van der Waals surface area contributed by atoms with Gasteiger partial charge in [-0.05, 0) is 56.7 Å². The Morgan fingerprint density at radius 3 is 1.96 bits per heavy atom. The molecule has 0 heterocycles. The minimum Gasteiger partial charge on any atom is -0.398 e. The average Bonchev–Trinajstić information content (AvgIpc) is 2.63. The van der Waals surface area contributed by atoms with Gasteiger partial charge < -0.3 is 10.6 Å². The quantitative estimate of drug-likeness (QED) is 0.679. The lowest BCUT2D eigenvalue weighted by atomic mass is 9.87. The van der Waals surface area contributed by atoms with Crippen molar-refractivity contribution in [1.82, 2.24) is 0 Å². The Balaban J connectivity index is 1.96. The minimum atomic E-state index is 0.715. The lowest BCUT2D eigenvalue weighted by molar-refractivity contribution is 0.339. The van der Waals surface area contributed by atoms with Crippen molar-refractivity contribution in [3.8, 4) is 0 Å². The molecule has 2 nitrogen and oxygen atoms in total. The molecule has 1 aromatic carbocycles. The number of benzene rings is 1. The molecular weight excluding hydrogens is 292 g/mol. The van der Waals surface area contributed by atoms with Gasteiger partial charge in [0, 0.05) is 23.5 Å². The first-order valence-electron chi connectivity index (χ1n) is 10.0. The van der Waals surface area contributed by atoms with Crippen molar-refractivity contribution in [2.45, 2.75) is 90.1 Å². The zero-order valence-electron chi connectivity index (χ0n) is 15.6. The Bertz CT molecular complexity index is 546. The van der Waals surface area contributed by atoms with Crippen molar-refractivity contribution < 1.29 is 0 Å². The minimum absolute atomic E-state index is 0.715. The molecule has 0 spiro atoms. The highest BCUT2D eigenvalue weighted by Gasteiger charge is 2.30. The van der Waals surface area contributed by atoms with E-state index in [9.17, 15) is 0 Å². The van der Waals surface area contributed by atoms with Gasteiger partial charge in [-0.25, -0.2) is 0 Å². The van der Waals surface area contributed by atoms with Crippen LogP contribution in [0.25, 0.3) is 6.08 Å². The van der Waals surface area contributed by atoms with Crippen LogP contribution < -0.4 is 10.6 Å². The Morgan fingerprint density at radius 1 is 0.917 bits per heavy atom. The van der Waals surface area contributed by atoms with E-state index in [0.29, 0.717) is 12.1 Å². The molecule has 3 rings (SSSR count). The van der Waals surface area contributed by atoms with Gasteiger partial charge in [-0.1, -0.05) is 56.7 Å². The summed E-state index contributed by atoms with van der Waals surface area (Å²) in [6.45, 7) is 4.27. The van der Waals surface area contributed by atoms with E-state index in [1.165, 1.54) is 75.5 Å². The van der Waals surface area contributed by atoms with E-state index >= 15 is 0 Å².